The molecule has 0 aliphatic heterocycles. The third-order valence-corrected chi connectivity index (χ3v) is 3.77. The molecule has 0 radical (unpaired) electrons. The Balaban J connectivity index is 2.02. The summed E-state index contributed by atoms with van der Waals surface area (Å²) in [4.78, 5) is 26.9. The van der Waals surface area contributed by atoms with Crippen LogP contribution >= 0.6 is 0 Å². The highest BCUT2D eigenvalue weighted by Crippen LogP contribution is 2.21. The van der Waals surface area contributed by atoms with E-state index in [-0.39, 0.29) is 23.1 Å². The largest absolute Gasteiger partial charge is 0.387 e. The lowest BCUT2D eigenvalue weighted by Crippen LogP contribution is -2.30. The minimum atomic E-state index is -0.513. The van der Waals surface area contributed by atoms with E-state index < -0.39 is 4.92 Å². The van der Waals surface area contributed by atoms with Crippen LogP contribution in [0.3, 0.4) is 0 Å². The molecule has 0 saturated carbocycles. The average Bonchev–Trinajstić information content (AvgIpc) is 2.96. The molecule has 1 aromatic heterocycles. The standard InChI is InChI=1S/C16H21N5O3/c1-11(10-20-7-6-18-12(20)2)9-19-16(22)14-8-13(21(23)24)4-5-15(14)17-3/h4-8,11,17H,9-10H2,1-3H3,(H,19,22). The van der Waals surface area contributed by atoms with Crippen LogP contribution in [0.25, 0.3) is 0 Å². The summed E-state index contributed by atoms with van der Waals surface area (Å²) in [5.41, 5.74) is 0.704. The zero-order chi connectivity index (χ0) is 17.7. The Bertz CT molecular complexity index is 741. The predicted molar refractivity (Wildman–Crippen MR) is 91.1 cm³/mol. The van der Waals surface area contributed by atoms with Gasteiger partial charge in [0.1, 0.15) is 5.82 Å². The number of hydrogen-bond donors (Lipinski definition) is 2. The predicted octanol–water partition coefficient (Wildman–Crippen LogP) is 2.21. The van der Waals surface area contributed by atoms with Crippen LogP contribution in [0.1, 0.15) is 23.1 Å². The van der Waals surface area contributed by atoms with E-state index in [2.05, 4.69) is 15.6 Å². The number of carbonyl (C=O) groups excluding carboxylic acids is 1. The summed E-state index contributed by atoms with van der Waals surface area (Å²) in [6.07, 6.45) is 3.64. The van der Waals surface area contributed by atoms with E-state index in [0.717, 1.165) is 12.4 Å². The van der Waals surface area contributed by atoms with Crippen molar-refractivity contribution in [2.45, 2.75) is 20.4 Å². The van der Waals surface area contributed by atoms with Gasteiger partial charge in [0.2, 0.25) is 0 Å². The molecular formula is C16H21N5O3. The summed E-state index contributed by atoms with van der Waals surface area (Å²) in [5, 5.41) is 16.6. The SMILES string of the molecule is CNc1ccc([N+](=O)[O-])cc1C(=O)NCC(C)Cn1ccnc1C. The molecule has 2 N–H and O–H groups in total. The Morgan fingerprint density at radius 2 is 2.21 bits per heavy atom. The second-order valence-electron chi connectivity index (χ2n) is 5.68. The third kappa shape index (κ3) is 4.09. The zero-order valence-corrected chi connectivity index (χ0v) is 13.9. The van der Waals surface area contributed by atoms with Gasteiger partial charge in [-0.3, -0.25) is 14.9 Å². The number of anilines is 1. The number of aromatic nitrogens is 2. The van der Waals surface area contributed by atoms with Gasteiger partial charge in [0, 0.05) is 50.4 Å². The van der Waals surface area contributed by atoms with Gasteiger partial charge in [-0.1, -0.05) is 6.92 Å². The Morgan fingerprint density at radius 1 is 1.46 bits per heavy atom. The number of nitrogens with zero attached hydrogens (tertiary/aromatic N) is 3. The summed E-state index contributed by atoms with van der Waals surface area (Å²) in [5.74, 6) is 0.778. The molecule has 8 heteroatoms. The summed E-state index contributed by atoms with van der Waals surface area (Å²) in [6.45, 7) is 5.14. The zero-order valence-electron chi connectivity index (χ0n) is 13.9. The van der Waals surface area contributed by atoms with E-state index >= 15 is 0 Å². The van der Waals surface area contributed by atoms with Crippen molar-refractivity contribution in [2.24, 2.45) is 5.92 Å². The Morgan fingerprint density at radius 3 is 2.79 bits per heavy atom. The fourth-order valence-corrected chi connectivity index (χ4v) is 2.41. The first-order valence-corrected chi connectivity index (χ1v) is 7.64. The molecule has 128 valence electrons. The number of hydrogen-bond acceptors (Lipinski definition) is 5. The summed E-state index contributed by atoms with van der Waals surface area (Å²) in [6, 6.07) is 4.18. The van der Waals surface area contributed by atoms with Crippen LogP contribution in [0.15, 0.2) is 30.6 Å². The highest BCUT2D eigenvalue weighted by atomic mass is 16.6. The van der Waals surface area contributed by atoms with Gasteiger partial charge >= 0.3 is 0 Å². The highest BCUT2D eigenvalue weighted by molar-refractivity contribution is 6.00. The summed E-state index contributed by atoms with van der Waals surface area (Å²) in [7, 11) is 1.67. The number of nitro benzene ring substituents is 1. The van der Waals surface area contributed by atoms with Crippen LogP contribution in [0.2, 0.25) is 0 Å². The first kappa shape index (κ1) is 17.5. The number of benzene rings is 1. The number of rotatable bonds is 7. The number of imidazole rings is 1. The molecule has 0 bridgehead atoms. The third-order valence-electron chi connectivity index (χ3n) is 3.77. The van der Waals surface area contributed by atoms with E-state index in [1.807, 2.05) is 24.6 Å². The first-order chi connectivity index (χ1) is 11.4. The molecule has 1 aromatic carbocycles. The molecular weight excluding hydrogens is 310 g/mol. The van der Waals surface area contributed by atoms with E-state index in [0.29, 0.717) is 12.2 Å². The van der Waals surface area contributed by atoms with Crippen molar-refractivity contribution >= 4 is 17.3 Å². The van der Waals surface area contributed by atoms with Gasteiger partial charge in [0.25, 0.3) is 11.6 Å². The van der Waals surface area contributed by atoms with Gasteiger partial charge in [0.15, 0.2) is 0 Å². The fraction of sp³-hybridized carbons (Fsp3) is 0.375. The minimum Gasteiger partial charge on any atom is -0.387 e. The normalized spacial score (nSPS) is 11.8. The summed E-state index contributed by atoms with van der Waals surface area (Å²) < 4.78 is 2.02. The molecule has 0 fully saturated rings. The molecule has 0 spiro atoms. The van der Waals surface area contributed by atoms with Gasteiger partial charge < -0.3 is 15.2 Å². The number of aryl methyl sites for hydroxylation is 1. The van der Waals surface area contributed by atoms with Crippen molar-refractivity contribution in [3.05, 3.63) is 52.1 Å². The Labute approximate surface area is 140 Å². The molecule has 1 heterocycles. The van der Waals surface area contributed by atoms with Gasteiger partial charge in [-0.25, -0.2) is 4.98 Å². The van der Waals surface area contributed by atoms with Gasteiger partial charge in [0.05, 0.1) is 10.5 Å². The maximum Gasteiger partial charge on any atom is 0.270 e. The van der Waals surface area contributed by atoms with Crippen LogP contribution in [-0.4, -0.2) is 34.0 Å². The molecule has 2 rings (SSSR count). The molecule has 0 aliphatic carbocycles. The van der Waals surface area contributed by atoms with Crippen LogP contribution in [-0.2, 0) is 6.54 Å². The van der Waals surface area contributed by atoms with Crippen LogP contribution in [0.5, 0.6) is 0 Å². The van der Waals surface area contributed by atoms with Gasteiger partial charge in [-0.15, -0.1) is 0 Å². The van der Waals surface area contributed by atoms with Crippen LogP contribution in [0, 0.1) is 23.0 Å². The van der Waals surface area contributed by atoms with Crippen molar-refractivity contribution in [1.82, 2.24) is 14.9 Å². The average molecular weight is 331 g/mol. The number of nitrogens with one attached hydrogen (secondary N) is 2. The quantitative estimate of drug-likeness (QED) is 0.598. The second-order valence-corrected chi connectivity index (χ2v) is 5.68. The maximum absolute atomic E-state index is 12.4. The Kier molecular flexibility index (Phi) is 5.51. The molecule has 0 aliphatic rings. The topological polar surface area (TPSA) is 102 Å². The number of amides is 1. The smallest absolute Gasteiger partial charge is 0.270 e. The van der Waals surface area contributed by atoms with Crippen molar-refractivity contribution in [1.29, 1.82) is 0 Å². The number of nitro groups is 1. The molecule has 0 saturated heterocycles. The van der Waals surface area contributed by atoms with Gasteiger partial charge in [-0.2, -0.15) is 0 Å². The van der Waals surface area contributed by atoms with Crippen molar-refractivity contribution in [3.63, 3.8) is 0 Å². The van der Waals surface area contributed by atoms with Crippen molar-refractivity contribution < 1.29 is 9.72 Å². The molecule has 24 heavy (non-hydrogen) atoms. The number of carbonyl (C=O) groups is 1. The second kappa shape index (κ2) is 7.58. The highest BCUT2D eigenvalue weighted by Gasteiger charge is 2.17. The van der Waals surface area contributed by atoms with Crippen molar-refractivity contribution in [2.75, 3.05) is 18.9 Å². The number of non-ortho nitro benzene ring substituents is 1. The maximum atomic E-state index is 12.4. The Hall–Kier alpha value is -2.90. The van der Waals surface area contributed by atoms with Crippen LogP contribution < -0.4 is 10.6 Å². The molecule has 8 nitrogen and oxygen atoms in total. The van der Waals surface area contributed by atoms with E-state index in [9.17, 15) is 14.9 Å². The first-order valence-electron chi connectivity index (χ1n) is 7.64. The monoisotopic (exact) mass is 331 g/mol. The molecule has 1 unspecified atom stereocenters. The minimum absolute atomic E-state index is 0.110. The van der Waals surface area contributed by atoms with Gasteiger partial charge in [-0.05, 0) is 18.9 Å². The lowest BCUT2D eigenvalue weighted by molar-refractivity contribution is -0.384. The van der Waals surface area contributed by atoms with Crippen molar-refractivity contribution in [3.8, 4) is 0 Å². The van der Waals surface area contributed by atoms with Crippen LogP contribution in [0.4, 0.5) is 11.4 Å². The lowest BCUT2D eigenvalue weighted by atomic mass is 10.1. The molecule has 1 atom stereocenters. The summed E-state index contributed by atoms with van der Waals surface area (Å²) >= 11 is 0. The molecule has 2 aromatic rings. The van der Waals surface area contributed by atoms with E-state index in [1.165, 1.54) is 18.2 Å². The fourth-order valence-electron chi connectivity index (χ4n) is 2.41. The van der Waals surface area contributed by atoms with E-state index in [1.54, 1.807) is 13.2 Å². The molecule has 1 amide bonds. The lowest BCUT2D eigenvalue weighted by Gasteiger charge is -2.15. The van der Waals surface area contributed by atoms with E-state index in [4.69, 9.17) is 0 Å².